The zero-order valence-electron chi connectivity index (χ0n) is 13.3. The second-order valence-electron chi connectivity index (χ2n) is 5.35. The fourth-order valence-electron chi connectivity index (χ4n) is 2.24. The number of halogens is 3. The van der Waals surface area contributed by atoms with Crippen molar-refractivity contribution in [2.75, 3.05) is 6.54 Å². The first kappa shape index (κ1) is 20.7. The summed E-state index contributed by atoms with van der Waals surface area (Å²) >= 11 is 0. The SMILES string of the molecule is C=C(CN(Cc1ccccc1)Cc1ccccc1)[B-](F)(F)F.[K+]. The maximum atomic E-state index is 12.8. The summed E-state index contributed by atoms with van der Waals surface area (Å²) in [5.74, 6) is 0. The largest absolute Gasteiger partial charge is 1.00 e. The molecule has 0 aromatic heterocycles. The van der Waals surface area contributed by atoms with E-state index in [1.165, 1.54) is 0 Å². The Kier molecular flexibility index (Phi) is 8.82. The first-order valence-electron chi connectivity index (χ1n) is 7.13. The van der Waals surface area contributed by atoms with Gasteiger partial charge in [0.05, 0.1) is 0 Å². The molecule has 0 radical (unpaired) electrons. The average Bonchev–Trinajstić information content (AvgIpc) is 2.48. The van der Waals surface area contributed by atoms with Gasteiger partial charge < -0.3 is 12.9 Å². The van der Waals surface area contributed by atoms with Crippen LogP contribution in [0.3, 0.4) is 0 Å². The third-order valence-electron chi connectivity index (χ3n) is 3.39. The molecule has 1 nitrogen and oxygen atoms in total. The molecule has 0 aliphatic rings. The predicted octanol–water partition coefficient (Wildman–Crippen LogP) is 1.64. The Morgan fingerprint density at radius 3 is 1.57 bits per heavy atom. The molecule has 0 fully saturated rings. The van der Waals surface area contributed by atoms with Crippen molar-refractivity contribution in [3.63, 3.8) is 0 Å². The number of hydrogen-bond acceptors (Lipinski definition) is 1. The van der Waals surface area contributed by atoms with Gasteiger partial charge in [0.25, 0.3) is 0 Å². The molecule has 0 aliphatic carbocycles. The standard InChI is InChI=1S/C17H18BF3N.K/c1-15(18(19,20)21)12-22(13-16-8-4-2-5-9-16)14-17-10-6-3-7-11-17;/h2-11H,1,12-14H2;/q-1;+1. The van der Waals surface area contributed by atoms with Crippen molar-refractivity contribution in [3.8, 4) is 0 Å². The van der Waals surface area contributed by atoms with Gasteiger partial charge in [-0.05, 0) is 17.7 Å². The summed E-state index contributed by atoms with van der Waals surface area (Å²) in [6, 6.07) is 19.0. The van der Waals surface area contributed by atoms with Crippen LogP contribution in [-0.4, -0.2) is 18.4 Å². The van der Waals surface area contributed by atoms with E-state index in [1.807, 2.05) is 60.7 Å². The van der Waals surface area contributed by atoms with Gasteiger partial charge in [-0.25, -0.2) is 0 Å². The Hall–Kier alpha value is -0.369. The van der Waals surface area contributed by atoms with Crippen LogP contribution in [0.25, 0.3) is 0 Å². The molecule has 0 spiro atoms. The average molecular weight is 343 g/mol. The minimum Gasteiger partial charge on any atom is -0.445 e. The van der Waals surface area contributed by atoms with E-state index in [9.17, 15) is 12.9 Å². The minimum absolute atomic E-state index is 0. The molecule has 23 heavy (non-hydrogen) atoms. The fraction of sp³-hybridized carbons (Fsp3) is 0.176. The maximum absolute atomic E-state index is 12.8. The Bertz CT molecular complexity index is 561. The molecule has 116 valence electrons. The van der Waals surface area contributed by atoms with Crippen LogP contribution in [0.2, 0.25) is 0 Å². The van der Waals surface area contributed by atoms with Gasteiger partial charge >= 0.3 is 58.4 Å². The van der Waals surface area contributed by atoms with E-state index in [2.05, 4.69) is 6.58 Å². The molecular weight excluding hydrogens is 325 g/mol. The number of nitrogens with zero attached hydrogens (tertiary/aromatic N) is 1. The van der Waals surface area contributed by atoms with Gasteiger partial charge in [-0.3, -0.25) is 4.90 Å². The first-order valence-corrected chi connectivity index (χ1v) is 7.13. The second-order valence-corrected chi connectivity index (χ2v) is 5.35. The molecule has 0 unspecified atom stereocenters. The van der Waals surface area contributed by atoms with Crippen molar-refractivity contribution in [3.05, 3.63) is 83.8 Å². The molecule has 0 amide bonds. The van der Waals surface area contributed by atoms with E-state index in [-0.39, 0.29) is 57.9 Å². The molecule has 0 heterocycles. The zero-order chi connectivity index (χ0) is 16.0. The van der Waals surface area contributed by atoms with Crippen molar-refractivity contribution < 1.29 is 64.3 Å². The Balaban J connectivity index is 0.00000264. The van der Waals surface area contributed by atoms with Gasteiger partial charge in [0, 0.05) is 13.1 Å². The normalized spacial score (nSPS) is 11.1. The van der Waals surface area contributed by atoms with Crippen LogP contribution in [-0.2, 0) is 13.1 Å². The molecule has 0 bridgehead atoms. The monoisotopic (exact) mass is 343 g/mol. The van der Waals surface area contributed by atoms with Gasteiger partial charge in [-0.15, -0.1) is 12.1 Å². The molecule has 0 N–H and O–H groups in total. The van der Waals surface area contributed by atoms with Crippen molar-refractivity contribution in [2.24, 2.45) is 0 Å². The van der Waals surface area contributed by atoms with Crippen LogP contribution in [0.4, 0.5) is 12.9 Å². The summed E-state index contributed by atoms with van der Waals surface area (Å²) in [4.78, 5) is 1.77. The van der Waals surface area contributed by atoms with Gasteiger partial charge in [0.2, 0.25) is 0 Å². The summed E-state index contributed by atoms with van der Waals surface area (Å²) in [5.41, 5.74) is 1.31. The van der Waals surface area contributed by atoms with E-state index in [0.29, 0.717) is 13.1 Å². The van der Waals surface area contributed by atoms with Crippen LogP contribution < -0.4 is 51.4 Å². The summed E-state index contributed by atoms with van der Waals surface area (Å²) in [5, 5.41) is 0. The topological polar surface area (TPSA) is 3.24 Å². The van der Waals surface area contributed by atoms with E-state index in [4.69, 9.17) is 0 Å². The van der Waals surface area contributed by atoms with Gasteiger partial charge in [-0.2, -0.15) is 0 Å². The molecular formula is C17H18BF3KN. The molecule has 6 heteroatoms. The van der Waals surface area contributed by atoms with Gasteiger partial charge in [0.1, 0.15) is 0 Å². The molecule has 2 aromatic rings. The molecule has 0 atom stereocenters. The van der Waals surface area contributed by atoms with E-state index in [0.717, 1.165) is 11.1 Å². The molecule has 0 aliphatic heterocycles. The quantitative estimate of drug-likeness (QED) is 0.691. The third-order valence-corrected chi connectivity index (χ3v) is 3.39. The first-order chi connectivity index (χ1) is 10.4. The summed E-state index contributed by atoms with van der Waals surface area (Å²) in [6.45, 7) is -1.05. The number of hydrogen-bond donors (Lipinski definition) is 0. The second kappa shape index (κ2) is 9.81. The van der Waals surface area contributed by atoms with Crippen molar-refractivity contribution >= 4 is 6.98 Å². The smallest absolute Gasteiger partial charge is 0.445 e. The predicted molar refractivity (Wildman–Crippen MR) is 85.2 cm³/mol. The molecule has 0 saturated carbocycles. The maximum Gasteiger partial charge on any atom is 1.00 e. The summed E-state index contributed by atoms with van der Waals surface area (Å²) in [7, 11) is 0. The van der Waals surface area contributed by atoms with Crippen LogP contribution in [0, 0.1) is 0 Å². The van der Waals surface area contributed by atoms with E-state index in [1.54, 1.807) is 4.90 Å². The van der Waals surface area contributed by atoms with Crippen molar-refractivity contribution in [2.45, 2.75) is 13.1 Å². The van der Waals surface area contributed by atoms with E-state index < -0.39 is 12.4 Å². The molecule has 0 saturated heterocycles. The van der Waals surface area contributed by atoms with Crippen LogP contribution in [0.5, 0.6) is 0 Å². The fourth-order valence-corrected chi connectivity index (χ4v) is 2.24. The van der Waals surface area contributed by atoms with Crippen LogP contribution >= 0.6 is 0 Å². The van der Waals surface area contributed by atoms with Gasteiger partial charge in [0.15, 0.2) is 0 Å². The van der Waals surface area contributed by atoms with Crippen molar-refractivity contribution in [1.29, 1.82) is 0 Å². The Morgan fingerprint density at radius 1 is 0.826 bits per heavy atom. The Morgan fingerprint density at radius 2 is 1.22 bits per heavy atom. The summed E-state index contributed by atoms with van der Waals surface area (Å²) < 4.78 is 38.5. The zero-order valence-corrected chi connectivity index (χ0v) is 16.4. The van der Waals surface area contributed by atoms with Crippen LogP contribution in [0.1, 0.15) is 11.1 Å². The van der Waals surface area contributed by atoms with Gasteiger partial charge in [-0.1, -0.05) is 60.7 Å². The third kappa shape index (κ3) is 7.37. The molecule has 2 aromatic carbocycles. The summed E-state index contributed by atoms with van der Waals surface area (Å²) in [6.07, 6.45) is 0. The number of benzene rings is 2. The number of rotatable bonds is 7. The molecule has 2 rings (SSSR count). The van der Waals surface area contributed by atoms with Crippen LogP contribution in [0.15, 0.2) is 72.7 Å². The Labute approximate surface area is 178 Å². The van der Waals surface area contributed by atoms with Crippen molar-refractivity contribution in [1.82, 2.24) is 4.90 Å². The minimum atomic E-state index is -5.00. The van der Waals surface area contributed by atoms with E-state index >= 15 is 0 Å².